The number of aromatic hydroxyl groups is 4. The van der Waals surface area contributed by atoms with Crippen molar-refractivity contribution in [3.63, 3.8) is 0 Å². The maximum absolute atomic E-state index is 10.5. The second-order valence-electron chi connectivity index (χ2n) is 27.4. The summed E-state index contributed by atoms with van der Waals surface area (Å²) >= 11 is 0. The molecule has 17 heteroatoms. The van der Waals surface area contributed by atoms with Crippen LogP contribution in [0.1, 0.15) is 64.1 Å². The Kier molecular flexibility index (Phi) is 24.5. The molecule has 0 aliphatic carbocycles. The van der Waals surface area contributed by atoms with Gasteiger partial charge in [-0.25, -0.2) is 37.0 Å². The van der Waals surface area contributed by atoms with Gasteiger partial charge in [-0.15, -0.1) is 0 Å². The molecule has 0 bridgehead atoms. The number of nitrogens with zero attached hydrogens (tertiary/aromatic N) is 10. The van der Waals surface area contributed by atoms with E-state index in [4.69, 9.17) is 25.3 Å². The SMILES string of the molecule is CC(C)(C)c1cc(-c2cc(C(C)(C)C)cc(-c3ccccc3O)n2)nc(-c2ccccc2O)c1.Oc1ccccc1-c1cccc(-c2cccc(-c3ccccc3O)n2)n1.[CH2-]N1C(=Cc2cccc(-c3cccc(C=C4[N-]c5ccccc5N4c4ccccc4)n3)n2)N(c2ccccc2)c2ccccc21.[Pd].[Pt+2].[Pt]. The fraction of sp³-hybridized carbons (Fsp3) is 0.0879. The maximum Gasteiger partial charge on any atom is 2.00 e. The van der Waals surface area contributed by atoms with Gasteiger partial charge in [0.25, 0.3) is 0 Å². The minimum Gasteiger partial charge on any atom is -0.507 e. The van der Waals surface area contributed by atoms with Gasteiger partial charge >= 0.3 is 21.1 Å². The summed E-state index contributed by atoms with van der Waals surface area (Å²) in [6, 6.07) is 97.3. The predicted octanol–water partition coefficient (Wildman–Crippen LogP) is 22.4. The second-order valence-corrected chi connectivity index (χ2v) is 27.4. The van der Waals surface area contributed by atoms with Gasteiger partial charge in [0, 0.05) is 81.2 Å². The molecule has 8 aromatic carbocycles. The van der Waals surface area contributed by atoms with Crippen LogP contribution in [0.5, 0.6) is 23.0 Å². The van der Waals surface area contributed by atoms with Gasteiger partial charge in [0.15, 0.2) is 0 Å². The van der Waals surface area contributed by atoms with E-state index in [-0.39, 0.29) is 96.4 Å². The Bertz CT molecular complexity index is 5380. The van der Waals surface area contributed by atoms with Gasteiger partial charge in [-0.1, -0.05) is 205 Å². The first kappa shape index (κ1) is 77.7. The molecule has 14 nitrogen and oxygen atoms in total. The smallest absolute Gasteiger partial charge is 0.507 e. The molecule has 544 valence electrons. The van der Waals surface area contributed by atoms with E-state index in [9.17, 15) is 20.4 Å². The number of para-hydroxylation sites is 10. The van der Waals surface area contributed by atoms with E-state index >= 15 is 0 Å². The quantitative estimate of drug-likeness (QED) is 0.0710. The molecule has 0 saturated carbocycles. The van der Waals surface area contributed by atoms with Crippen LogP contribution in [-0.2, 0) is 73.4 Å². The first-order valence-corrected chi connectivity index (χ1v) is 34.6. The van der Waals surface area contributed by atoms with Crippen molar-refractivity contribution in [3.8, 4) is 102 Å². The largest absolute Gasteiger partial charge is 2.00 e. The summed E-state index contributed by atoms with van der Waals surface area (Å²) in [6.07, 6.45) is 4.10. The fourth-order valence-electron chi connectivity index (χ4n) is 12.5. The van der Waals surface area contributed by atoms with Gasteiger partial charge in [0.05, 0.1) is 79.8 Å². The maximum atomic E-state index is 10.5. The van der Waals surface area contributed by atoms with Crippen LogP contribution in [0.25, 0.3) is 96.7 Å². The Labute approximate surface area is 672 Å². The average Bonchev–Trinajstić information content (AvgIpc) is 1.63. The van der Waals surface area contributed by atoms with Crippen LogP contribution in [0.3, 0.4) is 0 Å². The Morgan fingerprint density at radius 2 is 0.648 bits per heavy atom. The summed E-state index contributed by atoms with van der Waals surface area (Å²) in [6.45, 7) is 13.0. The van der Waals surface area contributed by atoms with Crippen LogP contribution in [0.4, 0.5) is 34.1 Å². The zero-order valence-corrected chi connectivity index (χ0v) is 66.0. The monoisotopic (exact) mass is 1870 g/mol. The zero-order chi connectivity index (χ0) is 72.8. The van der Waals surface area contributed by atoms with E-state index in [1.165, 1.54) is 0 Å². The molecule has 0 saturated heterocycles. The number of rotatable bonds is 11. The normalized spacial score (nSPS) is 12.8. The predicted molar refractivity (Wildman–Crippen MR) is 425 cm³/mol. The molecule has 16 rings (SSSR count). The molecule has 8 heterocycles. The molecule has 0 atom stereocenters. The molecule has 0 spiro atoms. The van der Waals surface area contributed by atoms with E-state index < -0.39 is 0 Å². The molecule has 0 radical (unpaired) electrons. The van der Waals surface area contributed by atoms with Crippen LogP contribution in [0.15, 0.2) is 315 Å². The summed E-state index contributed by atoms with van der Waals surface area (Å²) in [5.41, 5.74) is 19.7. The molecule has 2 aliphatic heterocycles. The fourth-order valence-corrected chi connectivity index (χ4v) is 12.5. The molecular weight excluding hydrogens is 1790 g/mol. The number of phenolic OH excluding ortho intramolecular Hbond substituents is 4. The van der Waals surface area contributed by atoms with E-state index in [2.05, 4.69) is 135 Å². The third-order valence-corrected chi connectivity index (χ3v) is 18.0. The van der Waals surface area contributed by atoms with Gasteiger partial charge < -0.3 is 35.5 Å². The molecule has 6 aromatic heterocycles. The third kappa shape index (κ3) is 17.3. The Hall–Kier alpha value is -11.4. The van der Waals surface area contributed by atoms with Crippen molar-refractivity contribution < 1.29 is 83.0 Å². The van der Waals surface area contributed by atoms with E-state index in [1.54, 1.807) is 48.5 Å². The van der Waals surface area contributed by atoms with Crippen LogP contribution >= 0.6 is 0 Å². The molecule has 0 amide bonds. The number of aromatic nitrogens is 6. The number of benzene rings is 8. The molecule has 0 unspecified atom stereocenters. The van der Waals surface area contributed by atoms with E-state index in [1.807, 2.05) is 205 Å². The van der Waals surface area contributed by atoms with Gasteiger partial charge in [-0.3, -0.25) is 4.90 Å². The van der Waals surface area contributed by atoms with E-state index in [0.29, 0.717) is 56.4 Å². The summed E-state index contributed by atoms with van der Waals surface area (Å²) in [7, 11) is 4.38. The van der Waals surface area contributed by atoms with Crippen molar-refractivity contribution in [2.75, 3.05) is 14.7 Å². The molecule has 108 heavy (non-hydrogen) atoms. The van der Waals surface area contributed by atoms with Crippen LogP contribution in [0, 0.1) is 7.05 Å². The molecule has 2 aliphatic rings. The standard InChI is InChI=1S/C39H28N6.C30H32N2O2.C22H16N2O2.Pd.2Pt/c1-43-36-24-10-11-25-37(36)45(31-18-6-3-7-19-31)39(43)27-29-15-13-22-33(41-29)32-21-12-14-28(40-32)26-38-42-34-20-8-9-23-35(34)44(38)30-16-4-2-5-17-30;1-29(2,3)19-15-23(21-11-7-9-13-27(21)33)31-25(17-19)26-18-20(30(4,5)6)16-24(32-26)22-12-8-10-14-28(22)34;25-21-13-3-1-7-15(21)17-9-5-11-19(23-17)20-12-6-10-18(24-20)16-8-2-4-14-22(16)26;;;/h2-27H,1H2;7-18,33-34H,1-6H3;1-14,25-26H;;;/q-2;;;;;+2. The van der Waals surface area contributed by atoms with Crippen molar-refractivity contribution >= 4 is 46.3 Å². The molecule has 0 fully saturated rings. The van der Waals surface area contributed by atoms with Crippen molar-refractivity contribution in [2.45, 2.75) is 52.4 Å². The van der Waals surface area contributed by atoms with Crippen molar-refractivity contribution in [1.82, 2.24) is 29.9 Å². The van der Waals surface area contributed by atoms with Crippen LogP contribution in [0.2, 0.25) is 0 Å². The second kappa shape index (κ2) is 34.0. The summed E-state index contributed by atoms with van der Waals surface area (Å²) < 4.78 is 0. The number of hydrogen-bond donors (Lipinski definition) is 4. The minimum absolute atomic E-state index is 0. The van der Waals surface area contributed by atoms with Gasteiger partial charge in [-0.05, 0) is 191 Å². The third-order valence-electron chi connectivity index (χ3n) is 18.0. The Balaban J connectivity index is 0.000000165. The number of phenols is 4. The van der Waals surface area contributed by atoms with Crippen molar-refractivity contribution in [2.24, 2.45) is 0 Å². The van der Waals surface area contributed by atoms with Crippen molar-refractivity contribution in [1.29, 1.82) is 0 Å². The summed E-state index contributed by atoms with van der Waals surface area (Å²) in [5, 5.41) is 46.1. The first-order valence-electron chi connectivity index (χ1n) is 34.6. The van der Waals surface area contributed by atoms with E-state index in [0.717, 1.165) is 91.1 Å². The number of anilines is 5. The number of hydrogen-bond acceptors (Lipinski definition) is 13. The first-order chi connectivity index (χ1) is 50.9. The van der Waals surface area contributed by atoms with Crippen molar-refractivity contribution in [3.05, 3.63) is 350 Å². The molecule has 14 aromatic rings. The zero-order valence-electron chi connectivity index (χ0n) is 59.9. The number of fused-ring (bicyclic) bond motifs is 2. The Morgan fingerprint density at radius 3 is 1.08 bits per heavy atom. The number of pyridine rings is 6. The average molecular weight is 1870 g/mol. The molecule has 4 N–H and O–H groups in total. The molecular formula is C91H76N10O4PdPt2. The topological polar surface area (TPSA) is 182 Å². The van der Waals surface area contributed by atoms with Crippen LogP contribution < -0.4 is 14.7 Å². The summed E-state index contributed by atoms with van der Waals surface area (Å²) in [5.74, 6) is 2.50. The Morgan fingerprint density at radius 1 is 0.324 bits per heavy atom. The van der Waals surface area contributed by atoms with Gasteiger partial charge in [0.1, 0.15) is 23.0 Å². The van der Waals surface area contributed by atoms with Gasteiger partial charge in [-0.2, -0.15) is 0 Å². The van der Waals surface area contributed by atoms with Crippen LogP contribution in [-0.4, -0.2) is 50.3 Å². The summed E-state index contributed by atoms with van der Waals surface area (Å²) in [4.78, 5) is 35.5. The van der Waals surface area contributed by atoms with Gasteiger partial charge in [0.2, 0.25) is 0 Å². The minimum atomic E-state index is -0.126.